The van der Waals surface area contributed by atoms with Crippen molar-refractivity contribution < 1.29 is 0 Å². The van der Waals surface area contributed by atoms with E-state index < -0.39 is 0 Å². The minimum Gasteiger partial charge on any atom is -0.304 e. The Bertz CT molecular complexity index is 126. The zero-order valence-electron chi connectivity index (χ0n) is 5.02. The molecule has 0 saturated heterocycles. The van der Waals surface area contributed by atoms with E-state index in [1.54, 1.807) is 0 Å². The summed E-state index contributed by atoms with van der Waals surface area (Å²) in [5.41, 5.74) is 0.707. The van der Waals surface area contributed by atoms with Crippen molar-refractivity contribution in [3.63, 3.8) is 0 Å². The molecule has 0 saturated carbocycles. The third-order valence-electron chi connectivity index (χ3n) is 1.18. The van der Waals surface area contributed by atoms with Crippen LogP contribution in [0.4, 0.5) is 0 Å². The molecule has 2 heteroatoms. The van der Waals surface area contributed by atoms with Gasteiger partial charge < -0.3 is 5.41 Å². The van der Waals surface area contributed by atoms with Gasteiger partial charge in [-0.25, -0.2) is 0 Å². The number of hydrogen-bond donors (Lipinski definition) is 1. The highest BCUT2D eigenvalue weighted by Gasteiger charge is 2.01. The average Bonchev–Trinajstić information content (AvgIpc) is 1.64. The molecule has 1 aliphatic rings. The van der Waals surface area contributed by atoms with Crippen LogP contribution < -0.4 is 0 Å². The smallest absolute Gasteiger partial charge is 0.0451 e. The minimum atomic E-state index is 0.707. The predicted molar refractivity (Wildman–Crippen MR) is 34.4 cm³/mol. The minimum absolute atomic E-state index is 0.707. The summed E-state index contributed by atoms with van der Waals surface area (Å²) < 4.78 is 0. The van der Waals surface area contributed by atoms with Gasteiger partial charge in [-0.2, -0.15) is 0 Å². The average molecular weight is 110 g/mol. The summed E-state index contributed by atoms with van der Waals surface area (Å²) in [6.45, 7) is 1.79. The van der Waals surface area contributed by atoms with Crippen molar-refractivity contribution in [2.75, 3.05) is 20.1 Å². The van der Waals surface area contributed by atoms with Crippen molar-refractivity contribution in [1.29, 1.82) is 5.41 Å². The van der Waals surface area contributed by atoms with Crippen LogP contribution in [0, 0.1) is 5.41 Å². The van der Waals surface area contributed by atoms with E-state index in [1.807, 2.05) is 19.2 Å². The fraction of sp³-hybridized carbons (Fsp3) is 0.500. The number of rotatable bonds is 0. The Morgan fingerprint density at radius 1 is 1.75 bits per heavy atom. The Morgan fingerprint density at radius 3 is 2.88 bits per heavy atom. The molecule has 0 atom stereocenters. The van der Waals surface area contributed by atoms with Crippen LogP contribution in [0.2, 0.25) is 0 Å². The molecule has 8 heavy (non-hydrogen) atoms. The molecule has 0 bridgehead atoms. The van der Waals surface area contributed by atoms with E-state index in [0.717, 1.165) is 13.1 Å². The standard InChI is InChI=1S/C6H10N2/c1-8-4-2-3-6(7)5-8/h2-3,7H,4-5H2,1H3. The lowest BCUT2D eigenvalue weighted by atomic mass is 10.2. The molecule has 1 rings (SSSR count). The summed E-state index contributed by atoms with van der Waals surface area (Å²) in [5, 5.41) is 7.19. The van der Waals surface area contributed by atoms with E-state index in [1.165, 1.54) is 0 Å². The van der Waals surface area contributed by atoms with Crippen molar-refractivity contribution in [2.24, 2.45) is 0 Å². The highest BCUT2D eigenvalue weighted by Crippen LogP contribution is 1.92. The second-order valence-corrected chi connectivity index (χ2v) is 2.12. The van der Waals surface area contributed by atoms with Crippen molar-refractivity contribution in [3.05, 3.63) is 12.2 Å². The lowest BCUT2D eigenvalue weighted by Crippen LogP contribution is -2.27. The highest BCUT2D eigenvalue weighted by atomic mass is 15.1. The van der Waals surface area contributed by atoms with Crippen LogP contribution in [0.5, 0.6) is 0 Å². The van der Waals surface area contributed by atoms with Gasteiger partial charge in [-0.15, -0.1) is 0 Å². The Kier molecular flexibility index (Phi) is 1.44. The summed E-state index contributed by atoms with van der Waals surface area (Å²) >= 11 is 0. The number of likely N-dealkylation sites (N-methyl/N-ethyl adjacent to an activating group) is 1. The molecule has 2 nitrogen and oxygen atoms in total. The maximum atomic E-state index is 7.19. The molecule has 0 unspecified atom stereocenters. The van der Waals surface area contributed by atoms with Gasteiger partial charge in [0.1, 0.15) is 0 Å². The zero-order chi connectivity index (χ0) is 5.98. The Balaban J connectivity index is 2.54. The third-order valence-corrected chi connectivity index (χ3v) is 1.18. The second kappa shape index (κ2) is 2.09. The lowest BCUT2D eigenvalue weighted by molar-refractivity contribution is 0.419. The summed E-state index contributed by atoms with van der Waals surface area (Å²) in [6, 6.07) is 0. The lowest BCUT2D eigenvalue weighted by Gasteiger charge is -2.16. The maximum absolute atomic E-state index is 7.19. The fourth-order valence-corrected chi connectivity index (χ4v) is 0.783. The van der Waals surface area contributed by atoms with E-state index >= 15 is 0 Å². The summed E-state index contributed by atoms with van der Waals surface area (Å²) in [5.74, 6) is 0. The Hall–Kier alpha value is -0.630. The first-order valence-electron chi connectivity index (χ1n) is 2.71. The van der Waals surface area contributed by atoms with Crippen LogP contribution in [-0.2, 0) is 0 Å². The third kappa shape index (κ3) is 1.17. The number of hydrogen-bond acceptors (Lipinski definition) is 2. The number of nitrogens with one attached hydrogen (secondary N) is 1. The predicted octanol–water partition coefficient (Wildman–Crippen LogP) is 0.508. The van der Waals surface area contributed by atoms with Gasteiger partial charge in [-0.3, -0.25) is 4.90 Å². The molecule has 0 aromatic rings. The maximum Gasteiger partial charge on any atom is 0.0451 e. The Labute approximate surface area is 49.3 Å². The molecule has 1 aliphatic heterocycles. The van der Waals surface area contributed by atoms with Gasteiger partial charge in [0.2, 0.25) is 0 Å². The number of nitrogens with zero attached hydrogens (tertiary/aromatic N) is 1. The molecule has 0 amide bonds. The van der Waals surface area contributed by atoms with E-state index in [0.29, 0.717) is 5.71 Å². The Morgan fingerprint density at radius 2 is 2.50 bits per heavy atom. The monoisotopic (exact) mass is 110 g/mol. The first-order chi connectivity index (χ1) is 3.79. The summed E-state index contributed by atoms with van der Waals surface area (Å²) in [7, 11) is 2.01. The van der Waals surface area contributed by atoms with Crippen LogP contribution in [0.25, 0.3) is 0 Å². The van der Waals surface area contributed by atoms with Gasteiger partial charge in [0.05, 0.1) is 0 Å². The molecule has 0 aromatic heterocycles. The summed E-state index contributed by atoms with van der Waals surface area (Å²) in [4.78, 5) is 2.10. The van der Waals surface area contributed by atoms with Crippen LogP contribution in [-0.4, -0.2) is 30.7 Å². The fourth-order valence-electron chi connectivity index (χ4n) is 0.783. The van der Waals surface area contributed by atoms with E-state index in [9.17, 15) is 0 Å². The molecule has 44 valence electrons. The van der Waals surface area contributed by atoms with Crippen LogP contribution in [0.15, 0.2) is 12.2 Å². The van der Waals surface area contributed by atoms with Gasteiger partial charge >= 0.3 is 0 Å². The molecule has 0 spiro atoms. The van der Waals surface area contributed by atoms with Crippen molar-refractivity contribution >= 4 is 5.71 Å². The molecule has 1 N–H and O–H groups in total. The SMILES string of the molecule is CN1CC=CC(=N)C1. The van der Waals surface area contributed by atoms with Crippen molar-refractivity contribution in [3.8, 4) is 0 Å². The van der Waals surface area contributed by atoms with Crippen molar-refractivity contribution in [2.45, 2.75) is 0 Å². The van der Waals surface area contributed by atoms with Crippen LogP contribution in [0.1, 0.15) is 0 Å². The van der Waals surface area contributed by atoms with E-state index in [2.05, 4.69) is 4.90 Å². The summed E-state index contributed by atoms with van der Waals surface area (Å²) in [6.07, 6.45) is 3.87. The molecule has 0 aliphatic carbocycles. The van der Waals surface area contributed by atoms with Crippen molar-refractivity contribution in [1.82, 2.24) is 4.90 Å². The quantitative estimate of drug-likeness (QED) is 0.483. The molecule has 1 heterocycles. The first kappa shape index (κ1) is 5.51. The van der Waals surface area contributed by atoms with Crippen LogP contribution in [0.3, 0.4) is 0 Å². The molecular weight excluding hydrogens is 100 g/mol. The van der Waals surface area contributed by atoms with E-state index in [4.69, 9.17) is 5.41 Å². The highest BCUT2D eigenvalue weighted by molar-refractivity contribution is 5.94. The molecule has 0 aromatic carbocycles. The van der Waals surface area contributed by atoms with Crippen LogP contribution >= 0.6 is 0 Å². The van der Waals surface area contributed by atoms with Gasteiger partial charge in [0.15, 0.2) is 0 Å². The van der Waals surface area contributed by atoms with Gasteiger partial charge in [-0.05, 0) is 13.1 Å². The van der Waals surface area contributed by atoms with Gasteiger partial charge in [0, 0.05) is 18.8 Å². The van der Waals surface area contributed by atoms with Gasteiger partial charge in [0.25, 0.3) is 0 Å². The zero-order valence-corrected chi connectivity index (χ0v) is 5.02. The van der Waals surface area contributed by atoms with Gasteiger partial charge in [-0.1, -0.05) is 6.08 Å². The normalized spacial score (nSPS) is 21.9. The second-order valence-electron chi connectivity index (χ2n) is 2.12. The first-order valence-corrected chi connectivity index (χ1v) is 2.71. The topological polar surface area (TPSA) is 27.1 Å². The largest absolute Gasteiger partial charge is 0.304 e. The molecular formula is C6H10N2. The molecule has 0 fully saturated rings. The van der Waals surface area contributed by atoms with E-state index in [-0.39, 0.29) is 0 Å². The molecule has 0 radical (unpaired) electrons.